The molecule has 14 heavy (non-hydrogen) atoms. The van der Waals surface area contributed by atoms with E-state index in [0.717, 1.165) is 9.39 Å². The van der Waals surface area contributed by atoms with Gasteiger partial charge in [-0.15, -0.1) is 0 Å². The standard InChI is InChI=1S/C9H11IN2O2/c1-13-8-6(10)9(14-2)12-7(11-8)5-3-4-5/h5H,3-4H2,1-2H3. The Kier molecular flexibility index (Phi) is 2.76. The highest BCUT2D eigenvalue weighted by Crippen LogP contribution is 2.40. The quantitative estimate of drug-likeness (QED) is 0.801. The Morgan fingerprint density at radius 2 is 1.64 bits per heavy atom. The van der Waals surface area contributed by atoms with Gasteiger partial charge in [0, 0.05) is 5.92 Å². The largest absolute Gasteiger partial charge is 0.480 e. The molecule has 0 spiro atoms. The monoisotopic (exact) mass is 306 g/mol. The Morgan fingerprint density at radius 3 is 2.00 bits per heavy atom. The van der Waals surface area contributed by atoms with Crippen molar-refractivity contribution in [2.24, 2.45) is 0 Å². The van der Waals surface area contributed by atoms with Crippen molar-refractivity contribution in [2.75, 3.05) is 14.2 Å². The molecule has 1 saturated carbocycles. The second kappa shape index (κ2) is 3.88. The fraction of sp³-hybridized carbons (Fsp3) is 0.556. The van der Waals surface area contributed by atoms with Crippen molar-refractivity contribution in [1.29, 1.82) is 0 Å². The third-order valence-corrected chi connectivity index (χ3v) is 3.06. The van der Waals surface area contributed by atoms with Crippen LogP contribution in [0.3, 0.4) is 0 Å². The summed E-state index contributed by atoms with van der Waals surface area (Å²) in [7, 11) is 3.22. The van der Waals surface area contributed by atoms with Gasteiger partial charge in [0.1, 0.15) is 9.39 Å². The van der Waals surface area contributed by atoms with Crippen LogP contribution < -0.4 is 9.47 Å². The van der Waals surface area contributed by atoms with Crippen LogP contribution in [0.1, 0.15) is 24.6 Å². The molecule has 0 amide bonds. The van der Waals surface area contributed by atoms with Gasteiger partial charge in [0.25, 0.3) is 0 Å². The molecule has 1 aliphatic rings. The van der Waals surface area contributed by atoms with Gasteiger partial charge < -0.3 is 9.47 Å². The Labute approximate surface area is 96.2 Å². The zero-order chi connectivity index (χ0) is 10.1. The molecule has 4 nitrogen and oxygen atoms in total. The lowest BCUT2D eigenvalue weighted by Gasteiger charge is -2.08. The van der Waals surface area contributed by atoms with Crippen LogP contribution >= 0.6 is 22.6 Å². The molecule has 1 aromatic rings. The maximum absolute atomic E-state index is 5.17. The number of ether oxygens (including phenoxy) is 2. The number of methoxy groups -OCH3 is 2. The summed E-state index contributed by atoms with van der Waals surface area (Å²) < 4.78 is 11.2. The summed E-state index contributed by atoms with van der Waals surface area (Å²) in [5.74, 6) is 2.58. The van der Waals surface area contributed by atoms with E-state index in [1.807, 2.05) is 0 Å². The Bertz CT molecular complexity index is 328. The molecule has 1 aliphatic carbocycles. The zero-order valence-corrected chi connectivity index (χ0v) is 10.2. The summed E-state index contributed by atoms with van der Waals surface area (Å²) in [6.07, 6.45) is 2.35. The summed E-state index contributed by atoms with van der Waals surface area (Å²) in [6, 6.07) is 0. The molecular formula is C9H11IN2O2. The van der Waals surface area contributed by atoms with E-state index in [4.69, 9.17) is 9.47 Å². The number of rotatable bonds is 3. The van der Waals surface area contributed by atoms with Gasteiger partial charge in [0.05, 0.1) is 14.2 Å². The lowest BCUT2D eigenvalue weighted by Crippen LogP contribution is -2.02. The molecule has 0 aromatic carbocycles. The molecule has 0 bridgehead atoms. The van der Waals surface area contributed by atoms with E-state index >= 15 is 0 Å². The highest BCUT2D eigenvalue weighted by Gasteiger charge is 2.28. The number of halogens is 1. The molecular weight excluding hydrogens is 295 g/mol. The smallest absolute Gasteiger partial charge is 0.234 e. The average Bonchev–Trinajstić information content (AvgIpc) is 3.02. The zero-order valence-electron chi connectivity index (χ0n) is 8.08. The van der Waals surface area contributed by atoms with Crippen LogP contribution in [-0.2, 0) is 0 Å². The van der Waals surface area contributed by atoms with E-state index in [1.54, 1.807) is 14.2 Å². The lowest BCUT2D eigenvalue weighted by atomic mass is 10.4. The van der Waals surface area contributed by atoms with E-state index in [2.05, 4.69) is 32.6 Å². The molecule has 1 aromatic heterocycles. The first kappa shape index (κ1) is 9.95. The molecule has 5 heteroatoms. The molecule has 76 valence electrons. The van der Waals surface area contributed by atoms with Crippen LogP contribution in [0.2, 0.25) is 0 Å². The van der Waals surface area contributed by atoms with Crippen molar-refractivity contribution in [3.8, 4) is 11.8 Å². The third-order valence-electron chi connectivity index (χ3n) is 2.14. The second-order valence-corrected chi connectivity index (χ2v) is 4.27. The molecule has 0 aliphatic heterocycles. The number of nitrogens with zero attached hydrogens (tertiary/aromatic N) is 2. The van der Waals surface area contributed by atoms with Crippen molar-refractivity contribution >= 4 is 22.6 Å². The van der Waals surface area contributed by atoms with Gasteiger partial charge in [-0.3, -0.25) is 0 Å². The maximum atomic E-state index is 5.17. The van der Waals surface area contributed by atoms with Crippen LogP contribution in [0.25, 0.3) is 0 Å². The van der Waals surface area contributed by atoms with E-state index in [1.165, 1.54) is 12.8 Å². The topological polar surface area (TPSA) is 44.2 Å². The summed E-state index contributed by atoms with van der Waals surface area (Å²) in [6.45, 7) is 0. The second-order valence-electron chi connectivity index (χ2n) is 3.19. The highest BCUT2D eigenvalue weighted by molar-refractivity contribution is 14.1. The minimum Gasteiger partial charge on any atom is -0.480 e. The molecule has 1 heterocycles. The minimum absolute atomic E-state index is 0.509. The molecule has 0 atom stereocenters. The summed E-state index contributed by atoms with van der Waals surface area (Å²) in [5.41, 5.74) is 0. The lowest BCUT2D eigenvalue weighted by molar-refractivity contribution is 0.362. The Balaban J connectivity index is 2.43. The number of hydrogen-bond donors (Lipinski definition) is 0. The van der Waals surface area contributed by atoms with E-state index in [0.29, 0.717) is 17.7 Å². The van der Waals surface area contributed by atoms with E-state index in [9.17, 15) is 0 Å². The maximum Gasteiger partial charge on any atom is 0.234 e. The molecule has 0 N–H and O–H groups in total. The van der Waals surface area contributed by atoms with Crippen LogP contribution in [-0.4, -0.2) is 24.2 Å². The van der Waals surface area contributed by atoms with Crippen LogP contribution in [0.5, 0.6) is 11.8 Å². The summed E-state index contributed by atoms with van der Waals surface area (Å²) >= 11 is 2.13. The average molecular weight is 306 g/mol. The van der Waals surface area contributed by atoms with Gasteiger partial charge in [-0.05, 0) is 35.4 Å². The minimum atomic E-state index is 0.509. The van der Waals surface area contributed by atoms with Crippen molar-refractivity contribution in [3.05, 3.63) is 9.39 Å². The van der Waals surface area contributed by atoms with Gasteiger partial charge in [0.15, 0.2) is 0 Å². The van der Waals surface area contributed by atoms with Gasteiger partial charge >= 0.3 is 0 Å². The predicted molar refractivity (Wildman–Crippen MR) is 59.8 cm³/mol. The Morgan fingerprint density at radius 1 is 1.14 bits per heavy atom. The van der Waals surface area contributed by atoms with Gasteiger partial charge in [-0.25, -0.2) is 0 Å². The molecule has 0 saturated heterocycles. The van der Waals surface area contributed by atoms with Gasteiger partial charge in [0.2, 0.25) is 11.8 Å². The normalized spacial score (nSPS) is 15.4. The van der Waals surface area contributed by atoms with Crippen molar-refractivity contribution in [2.45, 2.75) is 18.8 Å². The molecule has 0 unspecified atom stereocenters. The van der Waals surface area contributed by atoms with E-state index < -0.39 is 0 Å². The SMILES string of the molecule is COc1nc(C2CC2)nc(OC)c1I. The highest BCUT2D eigenvalue weighted by atomic mass is 127. The fourth-order valence-corrected chi connectivity index (χ4v) is 1.90. The number of hydrogen-bond acceptors (Lipinski definition) is 4. The van der Waals surface area contributed by atoms with Gasteiger partial charge in [-0.2, -0.15) is 9.97 Å². The molecule has 2 rings (SSSR count). The first-order chi connectivity index (χ1) is 6.76. The third kappa shape index (κ3) is 1.77. The van der Waals surface area contributed by atoms with Crippen molar-refractivity contribution in [1.82, 2.24) is 9.97 Å². The van der Waals surface area contributed by atoms with Gasteiger partial charge in [-0.1, -0.05) is 0 Å². The molecule has 0 radical (unpaired) electrons. The first-order valence-electron chi connectivity index (χ1n) is 4.41. The summed E-state index contributed by atoms with van der Waals surface area (Å²) in [5, 5.41) is 0. The fourth-order valence-electron chi connectivity index (χ4n) is 1.22. The van der Waals surface area contributed by atoms with Crippen molar-refractivity contribution in [3.63, 3.8) is 0 Å². The summed E-state index contributed by atoms with van der Waals surface area (Å²) in [4.78, 5) is 8.68. The van der Waals surface area contributed by atoms with Crippen LogP contribution in [0, 0.1) is 3.57 Å². The first-order valence-corrected chi connectivity index (χ1v) is 5.49. The van der Waals surface area contributed by atoms with Crippen molar-refractivity contribution < 1.29 is 9.47 Å². The Hall–Kier alpha value is -0.590. The van der Waals surface area contributed by atoms with Crippen LogP contribution in [0.15, 0.2) is 0 Å². The van der Waals surface area contributed by atoms with E-state index in [-0.39, 0.29) is 0 Å². The predicted octanol–water partition coefficient (Wildman–Crippen LogP) is 1.98. The van der Waals surface area contributed by atoms with Crippen LogP contribution in [0.4, 0.5) is 0 Å². The number of aromatic nitrogens is 2. The molecule has 1 fully saturated rings.